The Kier molecular flexibility index (Phi) is 5.01. The topological polar surface area (TPSA) is 17.1 Å². The standard InChI is InChI=1S/C15H20OS/c1-5-11-15(4,6-2)14(16)17-13-9-7-12(3)8-10-13/h6-10H,2,5,11H2,1,3-4H3. The van der Waals surface area contributed by atoms with Crippen LogP contribution in [-0.4, -0.2) is 5.12 Å². The molecule has 0 saturated carbocycles. The van der Waals surface area contributed by atoms with Crippen LogP contribution >= 0.6 is 11.8 Å². The van der Waals surface area contributed by atoms with E-state index in [0.717, 1.165) is 17.7 Å². The summed E-state index contributed by atoms with van der Waals surface area (Å²) < 4.78 is 0. The van der Waals surface area contributed by atoms with E-state index >= 15 is 0 Å². The normalized spacial score (nSPS) is 14.1. The second-order valence-electron chi connectivity index (χ2n) is 4.57. The molecule has 17 heavy (non-hydrogen) atoms. The van der Waals surface area contributed by atoms with Crippen LogP contribution in [-0.2, 0) is 4.79 Å². The molecule has 0 N–H and O–H groups in total. The smallest absolute Gasteiger partial charge is 0.203 e. The van der Waals surface area contributed by atoms with Crippen molar-refractivity contribution in [2.75, 3.05) is 0 Å². The summed E-state index contributed by atoms with van der Waals surface area (Å²) in [5.41, 5.74) is 0.798. The maximum absolute atomic E-state index is 12.2. The lowest BCUT2D eigenvalue weighted by atomic mass is 9.87. The average Bonchev–Trinajstić information content (AvgIpc) is 2.32. The van der Waals surface area contributed by atoms with Gasteiger partial charge in [-0.25, -0.2) is 0 Å². The molecule has 0 saturated heterocycles. The highest BCUT2D eigenvalue weighted by Crippen LogP contribution is 2.34. The van der Waals surface area contributed by atoms with Crippen LogP contribution in [0.5, 0.6) is 0 Å². The van der Waals surface area contributed by atoms with Crippen LogP contribution in [0.1, 0.15) is 32.3 Å². The maximum atomic E-state index is 12.2. The zero-order valence-corrected chi connectivity index (χ0v) is 11.6. The number of carbonyl (C=O) groups is 1. The van der Waals surface area contributed by atoms with Crippen molar-refractivity contribution in [1.29, 1.82) is 0 Å². The van der Waals surface area contributed by atoms with E-state index in [1.54, 1.807) is 6.08 Å². The van der Waals surface area contributed by atoms with Crippen molar-refractivity contribution in [1.82, 2.24) is 0 Å². The summed E-state index contributed by atoms with van der Waals surface area (Å²) in [6.07, 6.45) is 3.62. The monoisotopic (exact) mass is 248 g/mol. The lowest BCUT2D eigenvalue weighted by molar-refractivity contribution is -0.117. The Hall–Kier alpha value is -1.02. The Morgan fingerprint density at radius 3 is 2.47 bits per heavy atom. The Morgan fingerprint density at radius 1 is 1.41 bits per heavy atom. The molecule has 0 amide bonds. The lowest BCUT2D eigenvalue weighted by Crippen LogP contribution is -2.22. The Labute approximate surface area is 108 Å². The van der Waals surface area contributed by atoms with E-state index in [0.29, 0.717) is 0 Å². The maximum Gasteiger partial charge on any atom is 0.203 e. The minimum Gasteiger partial charge on any atom is -0.286 e. The number of benzene rings is 1. The summed E-state index contributed by atoms with van der Waals surface area (Å²) in [4.78, 5) is 13.2. The fourth-order valence-electron chi connectivity index (χ4n) is 1.64. The molecule has 1 aromatic carbocycles. The van der Waals surface area contributed by atoms with E-state index in [4.69, 9.17) is 0 Å². The van der Waals surface area contributed by atoms with E-state index in [1.807, 2.05) is 38.1 Å². The molecule has 1 unspecified atom stereocenters. The summed E-state index contributed by atoms with van der Waals surface area (Å²) in [7, 11) is 0. The van der Waals surface area contributed by atoms with Crippen molar-refractivity contribution < 1.29 is 4.79 Å². The van der Waals surface area contributed by atoms with Crippen molar-refractivity contribution >= 4 is 16.9 Å². The van der Waals surface area contributed by atoms with Crippen molar-refractivity contribution in [2.45, 2.75) is 38.5 Å². The molecule has 0 radical (unpaired) electrons. The van der Waals surface area contributed by atoms with Gasteiger partial charge in [0.05, 0.1) is 5.41 Å². The van der Waals surface area contributed by atoms with Gasteiger partial charge >= 0.3 is 0 Å². The van der Waals surface area contributed by atoms with Crippen molar-refractivity contribution in [3.63, 3.8) is 0 Å². The molecular weight excluding hydrogens is 228 g/mol. The van der Waals surface area contributed by atoms with Gasteiger partial charge < -0.3 is 0 Å². The quantitative estimate of drug-likeness (QED) is 0.559. The number of rotatable bonds is 5. The highest BCUT2D eigenvalue weighted by atomic mass is 32.2. The van der Waals surface area contributed by atoms with Gasteiger partial charge in [0, 0.05) is 4.90 Å². The molecule has 1 nitrogen and oxygen atoms in total. The largest absolute Gasteiger partial charge is 0.286 e. The number of hydrogen-bond acceptors (Lipinski definition) is 2. The van der Waals surface area contributed by atoms with Gasteiger partial charge in [0.15, 0.2) is 0 Å². The number of aryl methyl sites for hydroxylation is 1. The van der Waals surface area contributed by atoms with E-state index in [-0.39, 0.29) is 5.12 Å². The van der Waals surface area contributed by atoms with Crippen LogP contribution in [0.4, 0.5) is 0 Å². The third-order valence-electron chi connectivity index (χ3n) is 2.92. The zero-order valence-electron chi connectivity index (χ0n) is 10.8. The highest BCUT2D eigenvalue weighted by molar-refractivity contribution is 8.13. The average molecular weight is 248 g/mol. The van der Waals surface area contributed by atoms with Crippen molar-refractivity contribution in [3.8, 4) is 0 Å². The molecular formula is C15H20OS. The first-order valence-corrected chi connectivity index (χ1v) is 6.76. The molecule has 92 valence electrons. The molecule has 0 aliphatic heterocycles. The molecule has 0 bridgehead atoms. The minimum atomic E-state index is -0.412. The van der Waals surface area contributed by atoms with Crippen LogP contribution in [0.15, 0.2) is 41.8 Å². The van der Waals surface area contributed by atoms with Gasteiger partial charge in [-0.15, -0.1) is 6.58 Å². The number of thioether (sulfide) groups is 1. The lowest BCUT2D eigenvalue weighted by Gasteiger charge is -2.22. The zero-order chi connectivity index (χ0) is 12.9. The van der Waals surface area contributed by atoms with Gasteiger partial charge in [-0.3, -0.25) is 4.79 Å². The molecule has 1 aromatic rings. The fourth-order valence-corrected chi connectivity index (χ4v) is 2.54. The van der Waals surface area contributed by atoms with Gasteiger partial charge in [-0.2, -0.15) is 0 Å². The molecule has 0 heterocycles. The van der Waals surface area contributed by atoms with Crippen LogP contribution in [0, 0.1) is 12.3 Å². The molecule has 0 aliphatic rings. The molecule has 0 fully saturated rings. The SMILES string of the molecule is C=CC(C)(CCC)C(=O)Sc1ccc(C)cc1. The summed E-state index contributed by atoms with van der Waals surface area (Å²) in [5, 5.41) is 0.179. The second-order valence-corrected chi connectivity index (χ2v) is 5.62. The summed E-state index contributed by atoms with van der Waals surface area (Å²) in [6, 6.07) is 8.04. The fraction of sp³-hybridized carbons (Fsp3) is 0.400. The number of hydrogen-bond donors (Lipinski definition) is 0. The van der Waals surface area contributed by atoms with Crippen LogP contribution in [0.2, 0.25) is 0 Å². The minimum absolute atomic E-state index is 0.179. The van der Waals surface area contributed by atoms with Gasteiger partial charge in [0.1, 0.15) is 0 Å². The Bertz CT molecular complexity index is 394. The van der Waals surface area contributed by atoms with E-state index in [1.165, 1.54) is 17.3 Å². The molecule has 0 spiro atoms. The predicted octanol–water partition coefficient (Wildman–Crippen LogP) is 4.61. The van der Waals surface area contributed by atoms with Crippen LogP contribution < -0.4 is 0 Å². The Morgan fingerprint density at radius 2 is 2.00 bits per heavy atom. The molecule has 2 heteroatoms. The van der Waals surface area contributed by atoms with E-state index in [9.17, 15) is 4.79 Å². The number of allylic oxidation sites excluding steroid dienone is 1. The van der Waals surface area contributed by atoms with Gasteiger partial charge in [0.25, 0.3) is 0 Å². The highest BCUT2D eigenvalue weighted by Gasteiger charge is 2.29. The van der Waals surface area contributed by atoms with Crippen molar-refractivity contribution in [2.24, 2.45) is 5.41 Å². The molecule has 1 atom stereocenters. The van der Waals surface area contributed by atoms with Crippen LogP contribution in [0.3, 0.4) is 0 Å². The summed E-state index contributed by atoms with van der Waals surface area (Å²) in [6.45, 7) is 9.89. The van der Waals surface area contributed by atoms with Gasteiger partial charge in [0.2, 0.25) is 5.12 Å². The predicted molar refractivity (Wildman–Crippen MR) is 75.3 cm³/mol. The first-order valence-electron chi connectivity index (χ1n) is 5.94. The third kappa shape index (κ3) is 3.74. The molecule has 0 aliphatic carbocycles. The van der Waals surface area contributed by atoms with E-state index in [2.05, 4.69) is 13.5 Å². The third-order valence-corrected chi connectivity index (χ3v) is 4.08. The first kappa shape index (κ1) is 14.0. The van der Waals surface area contributed by atoms with E-state index < -0.39 is 5.41 Å². The second kappa shape index (κ2) is 6.06. The first-order chi connectivity index (χ1) is 8.01. The molecule has 1 rings (SSSR count). The number of carbonyl (C=O) groups excluding carboxylic acids is 1. The van der Waals surface area contributed by atoms with Gasteiger partial charge in [-0.1, -0.05) is 48.9 Å². The summed E-state index contributed by atoms with van der Waals surface area (Å²) >= 11 is 1.31. The summed E-state index contributed by atoms with van der Waals surface area (Å²) in [5.74, 6) is 0. The van der Waals surface area contributed by atoms with Crippen molar-refractivity contribution in [3.05, 3.63) is 42.5 Å². The van der Waals surface area contributed by atoms with Gasteiger partial charge in [-0.05, 0) is 32.4 Å². The molecule has 0 aromatic heterocycles. The Balaban J connectivity index is 2.77. The van der Waals surface area contributed by atoms with Crippen LogP contribution in [0.25, 0.3) is 0 Å².